The Morgan fingerprint density at radius 1 is 1.25 bits per heavy atom. The predicted octanol–water partition coefficient (Wildman–Crippen LogP) is 2.89. The highest BCUT2D eigenvalue weighted by Crippen LogP contribution is 2.31. The molecule has 5 heteroatoms. The van der Waals surface area contributed by atoms with Crippen LogP contribution in [0, 0.1) is 5.92 Å². The van der Waals surface area contributed by atoms with Crippen molar-refractivity contribution >= 4 is 17.5 Å². The van der Waals surface area contributed by atoms with E-state index in [4.69, 9.17) is 4.74 Å². The van der Waals surface area contributed by atoms with Gasteiger partial charge in [0.15, 0.2) is 6.61 Å². The number of nitrogens with one attached hydrogen (secondary N) is 1. The van der Waals surface area contributed by atoms with Gasteiger partial charge in [-0.1, -0.05) is 37.8 Å². The minimum atomic E-state index is -0.0947. The van der Waals surface area contributed by atoms with Crippen molar-refractivity contribution in [3.05, 3.63) is 24.3 Å². The second-order valence-electron chi connectivity index (χ2n) is 6.69. The summed E-state index contributed by atoms with van der Waals surface area (Å²) in [4.78, 5) is 25.7. The second kappa shape index (κ2) is 8.18. The molecule has 2 amide bonds. The monoisotopic (exact) mass is 330 g/mol. The van der Waals surface area contributed by atoms with Crippen LogP contribution in [0.25, 0.3) is 0 Å². The van der Waals surface area contributed by atoms with E-state index < -0.39 is 0 Å². The van der Waals surface area contributed by atoms with Crippen LogP contribution in [0.2, 0.25) is 0 Å². The largest absolute Gasteiger partial charge is 0.482 e. The molecule has 0 spiro atoms. The molecule has 1 saturated carbocycles. The molecule has 0 bridgehead atoms. The first-order valence-electron chi connectivity index (χ1n) is 9.03. The van der Waals surface area contributed by atoms with Crippen LogP contribution in [-0.2, 0) is 9.59 Å². The molecule has 0 atom stereocenters. The number of carbonyl (C=O) groups excluding carboxylic acids is 2. The van der Waals surface area contributed by atoms with Crippen LogP contribution < -0.4 is 15.0 Å². The molecule has 0 saturated heterocycles. The van der Waals surface area contributed by atoms with Gasteiger partial charge in [0.2, 0.25) is 5.91 Å². The molecular formula is C19H26N2O3. The molecule has 5 nitrogen and oxygen atoms in total. The van der Waals surface area contributed by atoms with Crippen LogP contribution in [-0.4, -0.2) is 31.5 Å². The van der Waals surface area contributed by atoms with E-state index in [9.17, 15) is 9.59 Å². The maximum absolute atomic E-state index is 12.0. The summed E-state index contributed by atoms with van der Waals surface area (Å²) in [5.41, 5.74) is 0.753. The first-order valence-corrected chi connectivity index (χ1v) is 9.03. The molecular weight excluding hydrogens is 304 g/mol. The van der Waals surface area contributed by atoms with Crippen molar-refractivity contribution in [2.24, 2.45) is 5.92 Å². The number of carbonyl (C=O) groups is 2. The molecule has 3 rings (SSSR count). The van der Waals surface area contributed by atoms with Crippen LogP contribution in [0.4, 0.5) is 5.69 Å². The Morgan fingerprint density at radius 2 is 2.04 bits per heavy atom. The van der Waals surface area contributed by atoms with Crippen LogP contribution in [0.1, 0.15) is 44.9 Å². The number of hydrogen-bond donors (Lipinski definition) is 1. The highest BCUT2D eigenvalue weighted by Gasteiger charge is 2.25. The van der Waals surface area contributed by atoms with E-state index in [1.165, 1.54) is 32.1 Å². The first kappa shape index (κ1) is 16.8. The van der Waals surface area contributed by atoms with Gasteiger partial charge in [0, 0.05) is 19.5 Å². The number of anilines is 1. The second-order valence-corrected chi connectivity index (χ2v) is 6.69. The average molecular weight is 330 g/mol. The van der Waals surface area contributed by atoms with Gasteiger partial charge in [-0.2, -0.15) is 0 Å². The number of fused-ring (bicyclic) bond motifs is 1. The molecule has 1 N–H and O–H groups in total. The van der Waals surface area contributed by atoms with E-state index in [0.29, 0.717) is 18.7 Å². The quantitative estimate of drug-likeness (QED) is 0.782. The van der Waals surface area contributed by atoms with E-state index >= 15 is 0 Å². The van der Waals surface area contributed by atoms with E-state index in [1.807, 2.05) is 24.3 Å². The Labute approximate surface area is 143 Å². The molecule has 1 aromatic carbocycles. The SMILES string of the molecule is O=C(CCN1C(=O)COc2ccccc21)NCCCC1CCCC1. The molecule has 130 valence electrons. The van der Waals surface area contributed by atoms with Crippen molar-refractivity contribution in [3.63, 3.8) is 0 Å². The zero-order chi connectivity index (χ0) is 16.8. The third kappa shape index (κ3) is 4.28. The zero-order valence-corrected chi connectivity index (χ0v) is 14.1. The summed E-state index contributed by atoms with van der Waals surface area (Å²) in [6.45, 7) is 1.18. The van der Waals surface area contributed by atoms with Gasteiger partial charge in [-0.25, -0.2) is 0 Å². The molecule has 1 heterocycles. The van der Waals surface area contributed by atoms with Gasteiger partial charge in [-0.3, -0.25) is 9.59 Å². The lowest BCUT2D eigenvalue weighted by atomic mass is 10.0. The number of ether oxygens (including phenoxy) is 1. The first-order chi connectivity index (χ1) is 11.7. The van der Waals surface area contributed by atoms with E-state index in [0.717, 1.165) is 24.6 Å². The number of rotatable bonds is 7. The summed E-state index contributed by atoms with van der Waals surface area (Å²) in [5, 5.41) is 2.98. The fourth-order valence-corrected chi connectivity index (χ4v) is 3.62. The number of amides is 2. The lowest BCUT2D eigenvalue weighted by molar-refractivity contribution is -0.122. The maximum atomic E-state index is 12.0. The molecule has 0 unspecified atom stereocenters. The number of nitrogens with zero attached hydrogens (tertiary/aromatic N) is 1. The Hall–Kier alpha value is -2.04. The number of benzene rings is 1. The van der Waals surface area contributed by atoms with Crippen molar-refractivity contribution in [2.45, 2.75) is 44.9 Å². The van der Waals surface area contributed by atoms with Crippen LogP contribution >= 0.6 is 0 Å². The van der Waals surface area contributed by atoms with E-state index in [2.05, 4.69) is 5.32 Å². The van der Waals surface area contributed by atoms with Crippen molar-refractivity contribution in [1.29, 1.82) is 0 Å². The highest BCUT2D eigenvalue weighted by molar-refractivity contribution is 5.98. The molecule has 1 aromatic rings. The van der Waals surface area contributed by atoms with Gasteiger partial charge in [0.05, 0.1) is 5.69 Å². The molecule has 1 aliphatic carbocycles. The smallest absolute Gasteiger partial charge is 0.265 e. The van der Waals surface area contributed by atoms with Crippen molar-refractivity contribution < 1.29 is 14.3 Å². The highest BCUT2D eigenvalue weighted by atomic mass is 16.5. The summed E-state index contributed by atoms with van der Waals surface area (Å²) < 4.78 is 5.41. The van der Waals surface area contributed by atoms with Crippen molar-refractivity contribution in [2.75, 3.05) is 24.6 Å². The summed E-state index contributed by atoms with van der Waals surface area (Å²) in [5.74, 6) is 1.49. The standard InChI is InChI=1S/C19H26N2O3/c22-18(20-12-5-8-15-6-1-2-7-15)11-13-21-16-9-3-4-10-17(16)24-14-19(21)23/h3-4,9-10,15H,1-2,5-8,11-14H2,(H,20,22). The third-order valence-corrected chi connectivity index (χ3v) is 4.96. The van der Waals surface area contributed by atoms with Crippen molar-refractivity contribution in [3.8, 4) is 5.75 Å². The molecule has 2 aliphatic rings. The minimum Gasteiger partial charge on any atom is -0.482 e. The summed E-state index contributed by atoms with van der Waals surface area (Å²) >= 11 is 0. The Balaban J connectivity index is 1.40. The molecule has 1 fully saturated rings. The maximum Gasteiger partial charge on any atom is 0.265 e. The van der Waals surface area contributed by atoms with Crippen molar-refractivity contribution in [1.82, 2.24) is 5.32 Å². The predicted molar refractivity (Wildman–Crippen MR) is 93.1 cm³/mol. The van der Waals surface area contributed by atoms with Crippen LogP contribution in [0.15, 0.2) is 24.3 Å². The molecule has 24 heavy (non-hydrogen) atoms. The normalized spacial score (nSPS) is 17.5. The number of para-hydroxylation sites is 2. The van der Waals surface area contributed by atoms with E-state index in [-0.39, 0.29) is 18.4 Å². The fourth-order valence-electron chi connectivity index (χ4n) is 3.62. The van der Waals surface area contributed by atoms with Crippen LogP contribution in [0.3, 0.4) is 0 Å². The van der Waals surface area contributed by atoms with Gasteiger partial charge in [0.1, 0.15) is 5.75 Å². The summed E-state index contributed by atoms with van der Waals surface area (Å²) in [6.07, 6.45) is 8.03. The van der Waals surface area contributed by atoms with Gasteiger partial charge in [0.25, 0.3) is 5.91 Å². The van der Waals surface area contributed by atoms with Gasteiger partial charge >= 0.3 is 0 Å². The molecule has 1 aliphatic heterocycles. The zero-order valence-electron chi connectivity index (χ0n) is 14.1. The third-order valence-electron chi connectivity index (χ3n) is 4.96. The topological polar surface area (TPSA) is 58.6 Å². The molecule has 0 radical (unpaired) electrons. The lowest BCUT2D eigenvalue weighted by Crippen LogP contribution is -2.41. The fraction of sp³-hybridized carbons (Fsp3) is 0.579. The Morgan fingerprint density at radius 3 is 2.88 bits per heavy atom. The summed E-state index contributed by atoms with van der Waals surface area (Å²) in [6, 6.07) is 7.45. The molecule has 0 aromatic heterocycles. The number of hydrogen-bond acceptors (Lipinski definition) is 3. The van der Waals surface area contributed by atoms with E-state index in [1.54, 1.807) is 4.90 Å². The van der Waals surface area contributed by atoms with Gasteiger partial charge in [-0.05, 0) is 30.9 Å². The average Bonchev–Trinajstić information content (AvgIpc) is 3.11. The lowest BCUT2D eigenvalue weighted by Gasteiger charge is -2.29. The Kier molecular flexibility index (Phi) is 5.72. The van der Waals surface area contributed by atoms with Crippen LogP contribution in [0.5, 0.6) is 5.75 Å². The van der Waals surface area contributed by atoms with Gasteiger partial charge < -0.3 is 15.0 Å². The Bertz CT molecular complexity index is 582. The summed E-state index contributed by atoms with van der Waals surface area (Å²) in [7, 11) is 0. The van der Waals surface area contributed by atoms with Gasteiger partial charge in [-0.15, -0.1) is 0 Å². The minimum absolute atomic E-state index is 0.0122.